The molecule has 8 nitrogen and oxygen atoms in total. The molecule has 0 aliphatic heterocycles. The molecule has 0 bridgehead atoms. The summed E-state index contributed by atoms with van der Waals surface area (Å²) in [5.74, 6) is 0. The van der Waals surface area contributed by atoms with Gasteiger partial charge in [0.25, 0.3) is 0 Å². The number of aromatic nitrogens is 7. The van der Waals surface area contributed by atoms with Crippen LogP contribution in [0.25, 0.3) is 55.7 Å². The Morgan fingerprint density at radius 3 is 2.69 bits per heavy atom. The number of H-pyrrole nitrogens is 2. The van der Waals surface area contributed by atoms with E-state index in [0.29, 0.717) is 5.65 Å². The Kier molecular flexibility index (Phi) is 5.03. The first-order valence-corrected chi connectivity index (χ1v) is 11.3. The average molecular weight is 459 g/mol. The Hall–Kier alpha value is -4.85. The van der Waals surface area contributed by atoms with Gasteiger partial charge in [0.1, 0.15) is 0 Å². The van der Waals surface area contributed by atoms with E-state index < -0.39 is 0 Å². The summed E-state index contributed by atoms with van der Waals surface area (Å²) in [4.78, 5) is 21.4. The summed E-state index contributed by atoms with van der Waals surface area (Å²) in [7, 11) is 0. The molecule has 0 atom stereocenters. The zero-order valence-electron chi connectivity index (χ0n) is 19.1. The Morgan fingerprint density at radius 2 is 1.83 bits per heavy atom. The molecule has 0 aliphatic rings. The molecule has 0 radical (unpaired) electrons. The molecular formula is C27H22N8. The lowest BCUT2D eigenvalue weighted by atomic mass is 10.1. The van der Waals surface area contributed by atoms with Gasteiger partial charge in [0.15, 0.2) is 5.65 Å². The van der Waals surface area contributed by atoms with Crippen LogP contribution in [0.3, 0.4) is 0 Å². The van der Waals surface area contributed by atoms with Crippen LogP contribution in [0, 0.1) is 0 Å². The number of pyridine rings is 4. The van der Waals surface area contributed by atoms with Crippen molar-refractivity contribution in [2.24, 2.45) is 0 Å². The van der Waals surface area contributed by atoms with E-state index in [0.717, 1.165) is 67.9 Å². The minimum absolute atomic E-state index is 0.645. The molecule has 6 heterocycles. The van der Waals surface area contributed by atoms with Crippen LogP contribution in [0.4, 0.5) is 5.69 Å². The van der Waals surface area contributed by atoms with Gasteiger partial charge in [-0.2, -0.15) is 5.10 Å². The van der Waals surface area contributed by atoms with E-state index in [1.54, 1.807) is 12.4 Å². The quantitative estimate of drug-likeness (QED) is 0.284. The van der Waals surface area contributed by atoms with E-state index >= 15 is 0 Å². The molecule has 0 aromatic carbocycles. The molecule has 6 rings (SSSR count). The van der Waals surface area contributed by atoms with Crippen molar-refractivity contribution in [3.63, 3.8) is 0 Å². The van der Waals surface area contributed by atoms with Gasteiger partial charge in [-0.05, 0) is 36.8 Å². The smallest absolute Gasteiger partial charge is 0.181 e. The maximum absolute atomic E-state index is 4.59. The summed E-state index contributed by atoms with van der Waals surface area (Å²) < 4.78 is 0. The van der Waals surface area contributed by atoms with Crippen molar-refractivity contribution in [2.45, 2.75) is 13.3 Å². The fourth-order valence-electron chi connectivity index (χ4n) is 4.13. The van der Waals surface area contributed by atoms with Crippen LogP contribution in [0.1, 0.15) is 13.3 Å². The molecule has 6 aromatic rings. The predicted octanol–water partition coefficient (Wildman–Crippen LogP) is 5.96. The first-order valence-electron chi connectivity index (χ1n) is 11.3. The first kappa shape index (κ1) is 20.7. The minimum Gasteiger partial charge on any atom is -0.358 e. The second kappa shape index (κ2) is 8.49. The van der Waals surface area contributed by atoms with Gasteiger partial charge in [-0.3, -0.25) is 20.1 Å². The van der Waals surface area contributed by atoms with Gasteiger partial charge in [-0.25, -0.2) is 4.98 Å². The maximum atomic E-state index is 4.59. The van der Waals surface area contributed by atoms with Crippen molar-refractivity contribution in [1.29, 1.82) is 0 Å². The van der Waals surface area contributed by atoms with Crippen molar-refractivity contribution in [3.05, 3.63) is 85.9 Å². The normalized spacial score (nSPS) is 11.2. The Labute approximate surface area is 201 Å². The van der Waals surface area contributed by atoms with Crippen molar-refractivity contribution >= 4 is 27.6 Å². The van der Waals surface area contributed by atoms with Gasteiger partial charge in [0, 0.05) is 57.9 Å². The molecule has 0 spiro atoms. The Morgan fingerprint density at radius 1 is 0.943 bits per heavy atom. The van der Waals surface area contributed by atoms with Crippen molar-refractivity contribution < 1.29 is 0 Å². The molecule has 35 heavy (non-hydrogen) atoms. The van der Waals surface area contributed by atoms with E-state index in [1.165, 1.54) is 0 Å². The highest BCUT2D eigenvalue weighted by Crippen LogP contribution is 2.34. The molecule has 0 saturated heterocycles. The average Bonchev–Trinajstić information content (AvgIpc) is 3.53. The number of allylic oxidation sites excluding steroid dienone is 1. The van der Waals surface area contributed by atoms with Gasteiger partial charge in [-0.15, -0.1) is 0 Å². The highest BCUT2D eigenvalue weighted by molar-refractivity contribution is 6.00. The molecule has 0 fully saturated rings. The van der Waals surface area contributed by atoms with Crippen LogP contribution < -0.4 is 5.32 Å². The maximum Gasteiger partial charge on any atom is 0.181 e. The van der Waals surface area contributed by atoms with Gasteiger partial charge in [-0.1, -0.05) is 19.6 Å². The molecular weight excluding hydrogens is 436 g/mol. The molecule has 0 amide bonds. The molecule has 0 aliphatic carbocycles. The monoisotopic (exact) mass is 458 g/mol. The van der Waals surface area contributed by atoms with Crippen molar-refractivity contribution in [1.82, 2.24) is 35.1 Å². The largest absolute Gasteiger partial charge is 0.358 e. The molecule has 0 saturated carbocycles. The number of hydrogen-bond acceptors (Lipinski definition) is 6. The summed E-state index contributed by atoms with van der Waals surface area (Å²) in [6.07, 6.45) is 11.7. The number of hydrogen-bond donors (Lipinski definition) is 3. The van der Waals surface area contributed by atoms with Crippen LogP contribution >= 0.6 is 0 Å². The lowest BCUT2D eigenvalue weighted by Gasteiger charge is -2.09. The minimum atomic E-state index is 0.645. The number of fused-ring (bicyclic) bond motifs is 2. The summed E-state index contributed by atoms with van der Waals surface area (Å²) in [6, 6.07) is 12.1. The number of anilines is 1. The standard InChI is InChI=1S/C27H22N8/c1-3-16(2)32-19-8-17(11-28-13-19)18-9-21-26(34-35-27(21)31-12-18)24-10-20-22(14-29-15-25(20)33-24)23-6-4-5-7-30-23/h4-15,32-33H,2-3H2,1H3,(H,31,34,35). The SMILES string of the molecule is C=C(CC)Nc1cncc(-c2cnc3n[nH]c(-c4cc5c(-c6ccccn6)cncc5[nH]4)c3c2)c1. The van der Waals surface area contributed by atoms with Crippen molar-refractivity contribution in [3.8, 4) is 33.8 Å². The fraction of sp³-hybridized carbons (Fsp3) is 0.0741. The number of rotatable bonds is 6. The Bertz CT molecular complexity index is 1680. The van der Waals surface area contributed by atoms with Crippen LogP contribution in [-0.4, -0.2) is 35.1 Å². The van der Waals surface area contributed by atoms with Gasteiger partial charge in [0.2, 0.25) is 0 Å². The van der Waals surface area contributed by atoms with Crippen molar-refractivity contribution in [2.75, 3.05) is 5.32 Å². The van der Waals surface area contributed by atoms with Gasteiger partial charge >= 0.3 is 0 Å². The van der Waals surface area contributed by atoms with Crippen LogP contribution in [0.15, 0.2) is 85.9 Å². The summed E-state index contributed by atoms with van der Waals surface area (Å²) in [6.45, 7) is 6.08. The fourth-order valence-corrected chi connectivity index (χ4v) is 4.13. The van der Waals surface area contributed by atoms with Gasteiger partial charge < -0.3 is 10.3 Å². The second-order valence-electron chi connectivity index (χ2n) is 8.28. The van der Waals surface area contributed by atoms with Gasteiger partial charge in [0.05, 0.1) is 40.7 Å². The first-order chi connectivity index (χ1) is 17.2. The summed E-state index contributed by atoms with van der Waals surface area (Å²) in [5.41, 5.74) is 8.92. The van der Waals surface area contributed by atoms with Crippen LogP contribution in [-0.2, 0) is 0 Å². The van der Waals surface area contributed by atoms with E-state index in [-0.39, 0.29) is 0 Å². The molecule has 0 unspecified atom stereocenters. The molecule has 6 aromatic heterocycles. The Balaban J connectivity index is 1.43. The third-order valence-electron chi connectivity index (χ3n) is 5.98. The zero-order chi connectivity index (χ0) is 23.8. The summed E-state index contributed by atoms with van der Waals surface area (Å²) in [5, 5.41) is 12.8. The van der Waals surface area contributed by atoms with E-state index in [1.807, 2.05) is 49.1 Å². The lowest BCUT2D eigenvalue weighted by molar-refractivity contribution is 1.10. The third kappa shape index (κ3) is 3.80. The predicted molar refractivity (Wildman–Crippen MR) is 138 cm³/mol. The number of nitrogens with one attached hydrogen (secondary N) is 3. The number of aromatic amines is 2. The van der Waals surface area contributed by atoms with E-state index in [4.69, 9.17) is 0 Å². The highest BCUT2D eigenvalue weighted by atomic mass is 15.2. The van der Waals surface area contributed by atoms with E-state index in [2.05, 4.69) is 66.1 Å². The third-order valence-corrected chi connectivity index (χ3v) is 5.98. The summed E-state index contributed by atoms with van der Waals surface area (Å²) >= 11 is 0. The van der Waals surface area contributed by atoms with E-state index in [9.17, 15) is 0 Å². The van der Waals surface area contributed by atoms with Crippen LogP contribution in [0.5, 0.6) is 0 Å². The number of nitrogens with zero attached hydrogens (tertiary/aromatic N) is 5. The lowest BCUT2D eigenvalue weighted by Crippen LogP contribution is -1.97. The molecule has 8 heteroatoms. The zero-order valence-corrected chi connectivity index (χ0v) is 19.1. The highest BCUT2D eigenvalue weighted by Gasteiger charge is 2.15. The van der Waals surface area contributed by atoms with Crippen LogP contribution in [0.2, 0.25) is 0 Å². The molecule has 3 N–H and O–H groups in total. The topological polar surface area (TPSA) is 108 Å². The second-order valence-corrected chi connectivity index (χ2v) is 8.28. The molecule has 170 valence electrons.